The highest BCUT2D eigenvalue weighted by molar-refractivity contribution is 7.14. The molecule has 1 saturated heterocycles. The first-order valence-corrected chi connectivity index (χ1v) is 7.01. The minimum absolute atomic E-state index is 0.372. The van der Waals surface area contributed by atoms with Gasteiger partial charge in [0.25, 0.3) is 0 Å². The molecule has 3 unspecified atom stereocenters. The zero-order valence-electron chi connectivity index (χ0n) is 9.70. The summed E-state index contributed by atoms with van der Waals surface area (Å²) in [6.45, 7) is 6.27. The Balaban J connectivity index is 1.81. The Morgan fingerprint density at radius 3 is 3.06 bits per heavy atom. The van der Waals surface area contributed by atoms with E-state index in [4.69, 9.17) is 16.3 Å². The van der Waals surface area contributed by atoms with Crippen molar-refractivity contribution in [3.8, 4) is 0 Å². The van der Waals surface area contributed by atoms with Crippen molar-refractivity contribution in [2.75, 3.05) is 13.2 Å². The van der Waals surface area contributed by atoms with Gasteiger partial charge in [-0.3, -0.25) is 0 Å². The molecule has 1 aromatic rings. The summed E-state index contributed by atoms with van der Waals surface area (Å²) in [7, 11) is 0. The Hall–Kier alpha value is -0.0900. The molecule has 0 bridgehead atoms. The maximum Gasteiger partial charge on any atom is 0.0931 e. The first-order valence-electron chi connectivity index (χ1n) is 5.75. The molecule has 0 aliphatic carbocycles. The average molecular weight is 260 g/mol. The van der Waals surface area contributed by atoms with E-state index < -0.39 is 0 Å². The summed E-state index contributed by atoms with van der Waals surface area (Å²) in [4.78, 5) is 0. The number of hydrogen-bond donors (Lipinski definition) is 1. The highest BCUT2D eigenvalue weighted by Gasteiger charge is 2.24. The SMILES string of the molecule is CC(NCC1CCOC1C)c1csc(Cl)c1. The molecule has 1 fully saturated rings. The lowest BCUT2D eigenvalue weighted by Gasteiger charge is -2.18. The predicted octanol–water partition coefficient (Wildman–Crippen LogP) is 3.48. The standard InChI is InChI=1S/C12H18ClNOS/c1-8(11-5-12(13)16-7-11)14-6-10-3-4-15-9(10)2/h5,7-10,14H,3-4,6H2,1-2H3. The van der Waals surface area contributed by atoms with Crippen LogP contribution in [-0.4, -0.2) is 19.3 Å². The Bertz CT molecular complexity index is 342. The van der Waals surface area contributed by atoms with E-state index in [1.807, 2.05) is 6.07 Å². The van der Waals surface area contributed by atoms with Crippen LogP contribution in [0.1, 0.15) is 31.9 Å². The largest absolute Gasteiger partial charge is 0.378 e. The average Bonchev–Trinajstić information content (AvgIpc) is 2.84. The van der Waals surface area contributed by atoms with Crippen molar-refractivity contribution in [3.05, 3.63) is 21.3 Å². The van der Waals surface area contributed by atoms with E-state index in [1.165, 1.54) is 12.0 Å². The van der Waals surface area contributed by atoms with Gasteiger partial charge < -0.3 is 10.1 Å². The third kappa shape index (κ3) is 2.98. The fourth-order valence-corrected chi connectivity index (χ4v) is 3.03. The van der Waals surface area contributed by atoms with Crippen LogP contribution in [0.2, 0.25) is 4.34 Å². The molecule has 1 aromatic heterocycles. The number of ether oxygens (including phenoxy) is 1. The van der Waals surface area contributed by atoms with Gasteiger partial charge in [-0.1, -0.05) is 11.6 Å². The minimum atomic E-state index is 0.372. The van der Waals surface area contributed by atoms with Gasteiger partial charge in [0.2, 0.25) is 0 Å². The molecule has 1 N–H and O–H groups in total. The maximum atomic E-state index is 5.93. The van der Waals surface area contributed by atoms with Crippen LogP contribution >= 0.6 is 22.9 Å². The summed E-state index contributed by atoms with van der Waals surface area (Å²) < 4.78 is 6.41. The van der Waals surface area contributed by atoms with Crippen LogP contribution < -0.4 is 5.32 Å². The smallest absolute Gasteiger partial charge is 0.0931 e. The van der Waals surface area contributed by atoms with Crippen LogP contribution in [0.25, 0.3) is 0 Å². The van der Waals surface area contributed by atoms with Gasteiger partial charge in [-0.25, -0.2) is 0 Å². The molecule has 1 aliphatic rings. The number of halogens is 1. The summed E-state index contributed by atoms with van der Waals surface area (Å²) in [5.74, 6) is 0.650. The molecule has 4 heteroatoms. The maximum absolute atomic E-state index is 5.93. The number of nitrogens with one attached hydrogen (secondary N) is 1. The van der Waals surface area contributed by atoms with Crippen molar-refractivity contribution in [2.45, 2.75) is 32.4 Å². The van der Waals surface area contributed by atoms with Crippen molar-refractivity contribution < 1.29 is 4.74 Å². The van der Waals surface area contributed by atoms with Crippen molar-refractivity contribution >= 4 is 22.9 Å². The predicted molar refractivity (Wildman–Crippen MR) is 69.3 cm³/mol. The molecule has 3 atom stereocenters. The third-order valence-electron chi connectivity index (χ3n) is 3.31. The topological polar surface area (TPSA) is 21.3 Å². The molecule has 2 nitrogen and oxygen atoms in total. The van der Waals surface area contributed by atoms with Crippen molar-refractivity contribution in [1.82, 2.24) is 5.32 Å². The summed E-state index contributed by atoms with van der Waals surface area (Å²) in [5, 5.41) is 5.67. The van der Waals surface area contributed by atoms with Crippen LogP contribution in [0.4, 0.5) is 0 Å². The van der Waals surface area contributed by atoms with Crippen LogP contribution in [0.15, 0.2) is 11.4 Å². The molecule has 2 rings (SSSR count). The van der Waals surface area contributed by atoms with Crippen LogP contribution in [-0.2, 0) is 4.74 Å². The molecule has 0 saturated carbocycles. The Labute approximate surface area is 106 Å². The molecule has 0 spiro atoms. The molecule has 0 radical (unpaired) electrons. The van der Waals surface area contributed by atoms with E-state index in [2.05, 4.69) is 24.5 Å². The van der Waals surface area contributed by atoms with Gasteiger partial charge in [-0.05, 0) is 43.2 Å². The van der Waals surface area contributed by atoms with Crippen molar-refractivity contribution in [3.63, 3.8) is 0 Å². The molecule has 0 aromatic carbocycles. The summed E-state index contributed by atoms with van der Waals surface area (Å²) in [6.07, 6.45) is 1.57. The zero-order chi connectivity index (χ0) is 11.5. The normalized spacial score (nSPS) is 27.2. The molecule has 1 aliphatic heterocycles. The lowest BCUT2D eigenvalue weighted by atomic mass is 10.0. The van der Waals surface area contributed by atoms with Gasteiger partial charge in [0.15, 0.2) is 0 Å². The van der Waals surface area contributed by atoms with E-state index in [1.54, 1.807) is 11.3 Å². The van der Waals surface area contributed by atoms with E-state index >= 15 is 0 Å². The third-order valence-corrected chi connectivity index (χ3v) is 4.42. The van der Waals surface area contributed by atoms with Crippen molar-refractivity contribution in [1.29, 1.82) is 0 Å². The monoisotopic (exact) mass is 259 g/mol. The summed E-state index contributed by atoms with van der Waals surface area (Å²) >= 11 is 7.52. The highest BCUT2D eigenvalue weighted by Crippen LogP contribution is 2.25. The van der Waals surface area contributed by atoms with Gasteiger partial charge in [0.1, 0.15) is 0 Å². The quantitative estimate of drug-likeness (QED) is 0.894. The van der Waals surface area contributed by atoms with E-state index in [-0.39, 0.29) is 0 Å². The Morgan fingerprint density at radius 1 is 1.69 bits per heavy atom. The lowest BCUT2D eigenvalue weighted by Crippen LogP contribution is -2.28. The second kappa shape index (κ2) is 5.50. The van der Waals surface area contributed by atoms with Crippen LogP contribution in [0.3, 0.4) is 0 Å². The second-order valence-electron chi connectivity index (χ2n) is 4.44. The Morgan fingerprint density at radius 2 is 2.50 bits per heavy atom. The first-order chi connectivity index (χ1) is 7.66. The van der Waals surface area contributed by atoms with Crippen LogP contribution in [0, 0.1) is 5.92 Å². The number of thiophene rings is 1. The molecular weight excluding hydrogens is 242 g/mol. The lowest BCUT2D eigenvalue weighted by molar-refractivity contribution is 0.105. The van der Waals surface area contributed by atoms with E-state index in [9.17, 15) is 0 Å². The van der Waals surface area contributed by atoms with Gasteiger partial charge in [0, 0.05) is 19.2 Å². The molecule has 2 heterocycles. The van der Waals surface area contributed by atoms with Gasteiger partial charge in [-0.2, -0.15) is 0 Å². The van der Waals surface area contributed by atoms with E-state index in [0.717, 1.165) is 17.5 Å². The Kier molecular flexibility index (Phi) is 4.25. The second-order valence-corrected chi connectivity index (χ2v) is 5.98. The van der Waals surface area contributed by atoms with E-state index in [0.29, 0.717) is 18.1 Å². The van der Waals surface area contributed by atoms with Gasteiger partial charge >= 0.3 is 0 Å². The minimum Gasteiger partial charge on any atom is -0.378 e. The number of rotatable bonds is 4. The summed E-state index contributed by atoms with van der Waals surface area (Å²) in [5.41, 5.74) is 1.28. The highest BCUT2D eigenvalue weighted by atomic mass is 35.5. The van der Waals surface area contributed by atoms with Gasteiger partial charge in [-0.15, -0.1) is 11.3 Å². The fourth-order valence-electron chi connectivity index (χ4n) is 2.04. The van der Waals surface area contributed by atoms with Crippen molar-refractivity contribution in [2.24, 2.45) is 5.92 Å². The molecular formula is C12H18ClNOS. The first kappa shape index (κ1) is 12.4. The van der Waals surface area contributed by atoms with Gasteiger partial charge in [0.05, 0.1) is 10.4 Å². The number of hydrogen-bond acceptors (Lipinski definition) is 3. The zero-order valence-corrected chi connectivity index (χ0v) is 11.3. The summed E-state index contributed by atoms with van der Waals surface area (Å²) in [6, 6.07) is 2.41. The molecule has 0 amide bonds. The van der Waals surface area contributed by atoms with Crippen LogP contribution in [0.5, 0.6) is 0 Å². The molecule has 90 valence electrons. The fraction of sp³-hybridized carbons (Fsp3) is 0.667. The molecule has 16 heavy (non-hydrogen) atoms.